The lowest BCUT2D eigenvalue weighted by Crippen LogP contribution is -2.44. The zero-order valence-corrected chi connectivity index (χ0v) is 18.5. The van der Waals surface area contributed by atoms with Crippen LogP contribution in [0.3, 0.4) is 0 Å². The summed E-state index contributed by atoms with van der Waals surface area (Å²) in [6.07, 6.45) is 2.22. The van der Waals surface area contributed by atoms with Crippen LogP contribution in [0.1, 0.15) is 24.0 Å². The third kappa shape index (κ3) is 3.84. The van der Waals surface area contributed by atoms with Crippen LogP contribution >= 0.6 is 0 Å². The monoisotopic (exact) mass is 439 g/mol. The predicted octanol–water partition coefficient (Wildman–Crippen LogP) is 4.81. The van der Waals surface area contributed by atoms with Crippen molar-refractivity contribution in [3.8, 4) is 0 Å². The molecular weight excluding hydrogens is 414 g/mol. The number of carbonyl (C=O) groups is 2. The van der Waals surface area contributed by atoms with Gasteiger partial charge in [-0.2, -0.15) is 0 Å². The van der Waals surface area contributed by atoms with Crippen LogP contribution in [-0.2, 0) is 20.7 Å². The van der Waals surface area contributed by atoms with E-state index in [-0.39, 0.29) is 5.91 Å². The molecule has 3 N–H and O–H groups in total. The lowest BCUT2D eigenvalue weighted by atomic mass is 9.97. The summed E-state index contributed by atoms with van der Waals surface area (Å²) in [5.74, 6) is -1.12. The maximum Gasteiger partial charge on any atom is 0.328 e. The molecule has 0 aliphatic rings. The first-order chi connectivity index (χ1) is 16.0. The summed E-state index contributed by atoms with van der Waals surface area (Å²) in [6, 6.07) is 21.2. The number of carbonyl (C=O) groups excluding carboxylic acids is 2. The van der Waals surface area contributed by atoms with Crippen LogP contribution < -0.4 is 5.32 Å². The molecule has 5 rings (SSSR count). The zero-order valence-electron chi connectivity index (χ0n) is 18.5. The Morgan fingerprint density at radius 3 is 2.39 bits per heavy atom. The van der Waals surface area contributed by atoms with Crippen LogP contribution in [-0.4, -0.2) is 35.0 Å². The van der Waals surface area contributed by atoms with Crippen molar-refractivity contribution in [1.82, 2.24) is 15.3 Å². The highest BCUT2D eigenvalue weighted by Crippen LogP contribution is 2.28. The van der Waals surface area contributed by atoms with Gasteiger partial charge in [0.1, 0.15) is 6.04 Å². The van der Waals surface area contributed by atoms with Gasteiger partial charge in [0.2, 0.25) is 5.91 Å². The number of para-hydroxylation sites is 2. The van der Waals surface area contributed by atoms with Gasteiger partial charge in [0.05, 0.1) is 13.0 Å². The maximum atomic E-state index is 13.1. The van der Waals surface area contributed by atoms with E-state index in [0.29, 0.717) is 6.42 Å². The predicted molar refractivity (Wildman–Crippen MR) is 130 cm³/mol. The number of hydrogen-bond acceptors (Lipinski definition) is 3. The number of methoxy groups -OCH3 is 1. The van der Waals surface area contributed by atoms with E-state index in [1.165, 1.54) is 7.11 Å². The van der Waals surface area contributed by atoms with Gasteiger partial charge in [0.15, 0.2) is 0 Å². The fourth-order valence-electron chi connectivity index (χ4n) is 4.45. The Morgan fingerprint density at radius 2 is 1.61 bits per heavy atom. The molecule has 33 heavy (non-hydrogen) atoms. The standard InChI is InChI=1S/C27H25N3O3/c1-16(17-11-12-21-20-8-4-6-10-23(20)29-24(21)13-17)26(31)30-25(27(32)33-2)14-18-15-28-22-9-5-3-7-19(18)22/h3-13,15-16,25,28-29H,14H2,1-2H3,(H,30,31)/t16?,25-/m0/s1. The first-order valence-electron chi connectivity index (χ1n) is 11.0. The SMILES string of the molecule is COC(=O)[C@H](Cc1c[nH]c2ccccc12)NC(=O)C(C)c1ccc2c(c1)[nH]c1ccccc12. The molecule has 6 heteroatoms. The van der Waals surface area contributed by atoms with Crippen LogP contribution in [0, 0.1) is 0 Å². The number of aromatic amines is 2. The van der Waals surface area contributed by atoms with Gasteiger partial charge in [-0.15, -0.1) is 0 Å². The van der Waals surface area contributed by atoms with E-state index in [9.17, 15) is 9.59 Å². The van der Waals surface area contributed by atoms with Crippen molar-refractivity contribution >= 4 is 44.6 Å². The third-order valence-electron chi connectivity index (χ3n) is 6.32. The summed E-state index contributed by atoms with van der Waals surface area (Å²) in [6.45, 7) is 1.85. The zero-order chi connectivity index (χ0) is 22.9. The molecule has 0 saturated carbocycles. The summed E-state index contributed by atoms with van der Waals surface area (Å²) in [4.78, 5) is 32.3. The number of fused-ring (bicyclic) bond motifs is 4. The molecule has 2 atom stereocenters. The highest BCUT2D eigenvalue weighted by atomic mass is 16.5. The molecule has 6 nitrogen and oxygen atoms in total. The molecular formula is C27H25N3O3. The minimum atomic E-state index is -0.777. The molecule has 3 aromatic carbocycles. The van der Waals surface area contributed by atoms with E-state index in [1.54, 1.807) is 0 Å². The van der Waals surface area contributed by atoms with Crippen LogP contribution in [0.5, 0.6) is 0 Å². The molecule has 2 aromatic heterocycles. The van der Waals surface area contributed by atoms with Gasteiger partial charge in [0, 0.05) is 45.3 Å². The Bertz CT molecular complexity index is 1480. The average molecular weight is 440 g/mol. The van der Waals surface area contributed by atoms with Crippen molar-refractivity contribution < 1.29 is 14.3 Å². The van der Waals surface area contributed by atoms with Crippen LogP contribution in [0.25, 0.3) is 32.7 Å². The number of aromatic nitrogens is 2. The van der Waals surface area contributed by atoms with Crippen LogP contribution in [0.15, 0.2) is 72.9 Å². The number of rotatable bonds is 6. The molecule has 0 bridgehead atoms. The van der Waals surface area contributed by atoms with Gasteiger partial charge in [-0.1, -0.05) is 48.5 Å². The highest BCUT2D eigenvalue weighted by molar-refractivity contribution is 6.07. The van der Waals surface area contributed by atoms with Crippen molar-refractivity contribution in [1.29, 1.82) is 0 Å². The number of H-pyrrole nitrogens is 2. The molecule has 166 valence electrons. The Morgan fingerprint density at radius 1 is 0.909 bits per heavy atom. The van der Waals surface area contributed by atoms with E-state index in [4.69, 9.17) is 4.74 Å². The van der Waals surface area contributed by atoms with Crippen molar-refractivity contribution in [2.75, 3.05) is 7.11 Å². The summed E-state index contributed by atoms with van der Waals surface area (Å²) in [7, 11) is 1.34. The number of benzene rings is 3. The minimum absolute atomic E-state index is 0.222. The van der Waals surface area contributed by atoms with Crippen LogP contribution in [0.2, 0.25) is 0 Å². The molecule has 1 amide bonds. The van der Waals surface area contributed by atoms with Crippen LogP contribution in [0.4, 0.5) is 0 Å². The normalized spacial score (nSPS) is 13.3. The van der Waals surface area contributed by atoms with Gasteiger partial charge >= 0.3 is 5.97 Å². The second-order valence-electron chi connectivity index (χ2n) is 8.35. The summed E-state index contributed by atoms with van der Waals surface area (Å²) >= 11 is 0. The van der Waals surface area contributed by atoms with Gasteiger partial charge in [0.25, 0.3) is 0 Å². The lowest BCUT2D eigenvalue weighted by Gasteiger charge is -2.19. The second-order valence-corrected chi connectivity index (χ2v) is 8.35. The molecule has 0 spiro atoms. The van der Waals surface area contributed by atoms with Crippen molar-refractivity contribution in [2.24, 2.45) is 0 Å². The van der Waals surface area contributed by atoms with E-state index < -0.39 is 17.9 Å². The Kier molecular flexibility index (Phi) is 5.34. The summed E-state index contributed by atoms with van der Waals surface area (Å²) in [5, 5.41) is 6.20. The number of hydrogen-bond donors (Lipinski definition) is 3. The largest absolute Gasteiger partial charge is 0.467 e. The van der Waals surface area contributed by atoms with E-state index in [1.807, 2.05) is 73.8 Å². The van der Waals surface area contributed by atoms with Gasteiger partial charge < -0.3 is 20.0 Å². The summed E-state index contributed by atoms with van der Waals surface area (Å²) in [5.41, 5.74) is 4.86. The molecule has 2 heterocycles. The maximum absolute atomic E-state index is 13.1. The lowest BCUT2D eigenvalue weighted by molar-refractivity contribution is -0.145. The first kappa shape index (κ1) is 20.8. The van der Waals surface area contributed by atoms with Gasteiger partial charge in [-0.25, -0.2) is 4.79 Å². The van der Waals surface area contributed by atoms with Crippen molar-refractivity contribution in [3.63, 3.8) is 0 Å². The van der Waals surface area contributed by atoms with Gasteiger partial charge in [-0.3, -0.25) is 4.79 Å². The molecule has 1 unspecified atom stereocenters. The second kappa shape index (κ2) is 8.47. The Hall–Kier alpha value is -4.06. The number of ether oxygens (including phenoxy) is 1. The smallest absolute Gasteiger partial charge is 0.328 e. The number of amides is 1. The highest BCUT2D eigenvalue weighted by Gasteiger charge is 2.26. The third-order valence-corrected chi connectivity index (χ3v) is 6.32. The Labute approximate surface area is 190 Å². The topological polar surface area (TPSA) is 87.0 Å². The number of esters is 1. The molecule has 0 aliphatic heterocycles. The molecule has 0 radical (unpaired) electrons. The molecule has 5 aromatic rings. The molecule has 0 aliphatic carbocycles. The van der Waals surface area contributed by atoms with E-state index in [2.05, 4.69) is 21.4 Å². The minimum Gasteiger partial charge on any atom is -0.467 e. The van der Waals surface area contributed by atoms with Crippen molar-refractivity contribution in [2.45, 2.75) is 25.3 Å². The quantitative estimate of drug-likeness (QED) is 0.332. The molecule has 0 fully saturated rings. The fraction of sp³-hybridized carbons (Fsp3) is 0.185. The van der Waals surface area contributed by atoms with Gasteiger partial charge in [-0.05, 0) is 36.2 Å². The van der Waals surface area contributed by atoms with E-state index >= 15 is 0 Å². The molecule has 0 saturated heterocycles. The fourth-order valence-corrected chi connectivity index (χ4v) is 4.45. The summed E-state index contributed by atoms with van der Waals surface area (Å²) < 4.78 is 4.98. The van der Waals surface area contributed by atoms with Crippen molar-refractivity contribution in [3.05, 3.63) is 84.1 Å². The number of nitrogens with one attached hydrogen (secondary N) is 3. The first-order valence-corrected chi connectivity index (χ1v) is 11.0. The van der Waals surface area contributed by atoms with E-state index in [0.717, 1.165) is 43.8 Å². The Balaban J connectivity index is 1.38. The average Bonchev–Trinajstić information content (AvgIpc) is 3.43.